The molecule has 8 heteroatoms. The average molecular weight is 562 g/mol. The lowest BCUT2D eigenvalue weighted by atomic mass is 9.99. The number of H-pyrrole nitrogens is 1. The predicted octanol–water partition coefficient (Wildman–Crippen LogP) is 9.21. The molecular weight excluding hydrogens is 534 g/mol. The number of aromatic hydroxyl groups is 1. The molecule has 6 rings (SSSR count). The Balaban J connectivity index is 1.59. The molecule has 7 nitrogen and oxygen atoms in total. The van der Waals surface area contributed by atoms with Crippen molar-refractivity contribution in [1.29, 1.82) is 0 Å². The Morgan fingerprint density at radius 2 is 1.73 bits per heavy atom. The van der Waals surface area contributed by atoms with Gasteiger partial charge in [-0.05, 0) is 77.9 Å². The smallest absolute Gasteiger partial charge is 0.259 e. The number of halogens is 1. The second-order valence-corrected chi connectivity index (χ2v) is 10.4. The number of nitrogens with zero attached hydrogens (tertiary/aromatic N) is 2. The number of carbonyl (C=O) groups is 1. The average Bonchev–Trinajstić information content (AvgIpc) is 3.35. The van der Waals surface area contributed by atoms with E-state index in [9.17, 15) is 9.90 Å². The number of nitrogens with one attached hydrogen (secondary N) is 2. The fourth-order valence-electron chi connectivity index (χ4n) is 5.30. The van der Waals surface area contributed by atoms with E-state index in [2.05, 4.69) is 20.5 Å². The van der Waals surface area contributed by atoms with Gasteiger partial charge in [0.05, 0.1) is 16.8 Å². The number of phenolic OH excluding ortho intramolecular Hbond substituents is 1. The van der Waals surface area contributed by atoms with Crippen molar-refractivity contribution in [2.45, 2.75) is 26.7 Å². The van der Waals surface area contributed by atoms with Crippen LogP contribution in [0, 0.1) is 0 Å². The maximum atomic E-state index is 13.6. The van der Waals surface area contributed by atoms with E-state index in [0.29, 0.717) is 33.9 Å². The molecule has 0 saturated heterocycles. The highest BCUT2D eigenvalue weighted by Gasteiger charge is 2.22. The van der Waals surface area contributed by atoms with Crippen molar-refractivity contribution in [2.24, 2.45) is 10.2 Å². The number of azo groups is 1. The molecule has 0 saturated carbocycles. The summed E-state index contributed by atoms with van der Waals surface area (Å²) >= 11 is 6.31. The summed E-state index contributed by atoms with van der Waals surface area (Å²) < 4.78 is 0. The van der Waals surface area contributed by atoms with E-state index in [4.69, 9.17) is 17.3 Å². The molecule has 0 bridgehead atoms. The quantitative estimate of drug-likeness (QED) is 0.120. The van der Waals surface area contributed by atoms with E-state index < -0.39 is 5.91 Å². The maximum absolute atomic E-state index is 13.6. The first-order valence-corrected chi connectivity index (χ1v) is 13.8. The fourth-order valence-corrected chi connectivity index (χ4v) is 5.47. The zero-order chi connectivity index (χ0) is 28.7. The van der Waals surface area contributed by atoms with Crippen molar-refractivity contribution < 1.29 is 9.90 Å². The highest BCUT2D eigenvalue weighted by molar-refractivity contribution is 6.32. The molecule has 0 aliphatic carbocycles. The van der Waals surface area contributed by atoms with Crippen LogP contribution in [0.25, 0.3) is 32.6 Å². The van der Waals surface area contributed by atoms with E-state index >= 15 is 0 Å². The number of carbonyl (C=O) groups excluding carboxylic acids is 1. The number of anilines is 2. The standard InChI is InChI=1S/C33H28ClN5O2/c1-3-18-7-5-6-8-26(18)37-33(41)25-16-20-9-12-23-24-17-21(34)10-13-28(24)36-30(23)29(20)31(32(25)40)39-38-27-14-11-22(35)15-19(27)4-2/h5-17,36,40H,3-4,35H2,1-2H3,(H,37,41). The molecule has 1 heterocycles. The number of aromatic nitrogens is 1. The van der Waals surface area contributed by atoms with E-state index in [1.807, 2.05) is 74.5 Å². The van der Waals surface area contributed by atoms with Crippen LogP contribution in [0.4, 0.5) is 22.7 Å². The summed E-state index contributed by atoms with van der Waals surface area (Å²) in [5, 5.41) is 27.5. The molecule has 0 atom stereocenters. The van der Waals surface area contributed by atoms with E-state index in [0.717, 1.165) is 44.7 Å². The summed E-state index contributed by atoms with van der Waals surface area (Å²) in [6, 6.07) is 24.3. The third kappa shape index (κ3) is 4.74. The van der Waals surface area contributed by atoms with Crippen LogP contribution in [-0.4, -0.2) is 16.0 Å². The number of fused-ring (bicyclic) bond motifs is 5. The number of aryl methyl sites for hydroxylation is 2. The number of rotatable bonds is 6. The Hall–Kier alpha value is -4.88. The highest BCUT2D eigenvalue weighted by atomic mass is 35.5. The van der Waals surface area contributed by atoms with Crippen LogP contribution in [0.3, 0.4) is 0 Å². The minimum atomic E-state index is -0.438. The number of aromatic amines is 1. The second-order valence-electron chi connectivity index (χ2n) is 9.93. The molecule has 5 aromatic carbocycles. The first-order valence-electron chi connectivity index (χ1n) is 13.5. The lowest BCUT2D eigenvalue weighted by Gasteiger charge is -2.14. The zero-order valence-corrected chi connectivity index (χ0v) is 23.4. The van der Waals surface area contributed by atoms with Gasteiger partial charge in [0.2, 0.25) is 0 Å². The monoisotopic (exact) mass is 561 g/mol. The Bertz CT molecular complexity index is 2010. The maximum Gasteiger partial charge on any atom is 0.259 e. The fraction of sp³-hybridized carbons (Fsp3) is 0.121. The number of phenols is 1. The summed E-state index contributed by atoms with van der Waals surface area (Å²) in [6.45, 7) is 4.04. The number of benzene rings is 5. The Kier molecular flexibility index (Phi) is 6.81. The molecule has 0 fully saturated rings. The lowest BCUT2D eigenvalue weighted by Crippen LogP contribution is -2.13. The van der Waals surface area contributed by atoms with Gasteiger partial charge in [0.1, 0.15) is 5.69 Å². The van der Waals surface area contributed by atoms with Crippen LogP contribution < -0.4 is 11.1 Å². The third-order valence-electron chi connectivity index (χ3n) is 7.42. The van der Waals surface area contributed by atoms with Crippen LogP contribution in [0.15, 0.2) is 89.1 Å². The summed E-state index contributed by atoms with van der Waals surface area (Å²) in [4.78, 5) is 17.0. The van der Waals surface area contributed by atoms with Crippen molar-refractivity contribution in [3.05, 3.63) is 101 Å². The number of hydrogen-bond donors (Lipinski definition) is 4. The number of para-hydroxylation sites is 1. The summed E-state index contributed by atoms with van der Waals surface area (Å²) in [6.07, 6.45) is 1.46. The lowest BCUT2D eigenvalue weighted by molar-refractivity contribution is 0.102. The molecule has 0 radical (unpaired) electrons. The number of amides is 1. The van der Waals surface area contributed by atoms with E-state index in [-0.39, 0.29) is 17.0 Å². The van der Waals surface area contributed by atoms with Crippen LogP contribution in [0.2, 0.25) is 5.02 Å². The van der Waals surface area contributed by atoms with Gasteiger partial charge in [-0.3, -0.25) is 4.79 Å². The molecule has 0 aliphatic rings. The molecule has 0 spiro atoms. The van der Waals surface area contributed by atoms with Crippen molar-refractivity contribution in [1.82, 2.24) is 4.98 Å². The first kappa shape index (κ1) is 26.3. The van der Waals surface area contributed by atoms with Crippen molar-refractivity contribution in [3.63, 3.8) is 0 Å². The van der Waals surface area contributed by atoms with Crippen LogP contribution in [-0.2, 0) is 12.8 Å². The highest BCUT2D eigenvalue weighted by Crippen LogP contribution is 2.44. The van der Waals surface area contributed by atoms with Crippen LogP contribution in [0.1, 0.15) is 35.3 Å². The Labute approximate surface area is 241 Å². The van der Waals surface area contributed by atoms with Crippen molar-refractivity contribution in [3.8, 4) is 5.75 Å². The predicted molar refractivity (Wildman–Crippen MR) is 168 cm³/mol. The first-order chi connectivity index (χ1) is 19.9. The molecule has 6 aromatic rings. The molecule has 0 aliphatic heterocycles. The summed E-state index contributed by atoms with van der Waals surface area (Å²) in [7, 11) is 0. The molecule has 204 valence electrons. The normalized spacial score (nSPS) is 11.7. The third-order valence-corrected chi connectivity index (χ3v) is 7.65. The van der Waals surface area contributed by atoms with E-state index in [1.54, 1.807) is 18.2 Å². The largest absolute Gasteiger partial charge is 0.505 e. The summed E-state index contributed by atoms with van der Waals surface area (Å²) in [5.41, 5.74) is 11.8. The Morgan fingerprint density at radius 1 is 0.927 bits per heavy atom. The SMILES string of the molecule is CCc1cc(N)ccc1N=Nc1c(O)c(C(=O)Nc2ccccc2CC)cc2ccc3c4cc(Cl)ccc4[nH]c3c12. The van der Waals surface area contributed by atoms with Crippen molar-refractivity contribution in [2.75, 3.05) is 11.1 Å². The van der Waals surface area contributed by atoms with Gasteiger partial charge in [0.15, 0.2) is 5.75 Å². The van der Waals surface area contributed by atoms with Gasteiger partial charge >= 0.3 is 0 Å². The van der Waals surface area contributed by atoms with Crippen LogP contribution in [0.5, 0.6) is 5.75 Å². The van der Waals surface area contributed by atoms with Gasteiger partial charge in [-0.25, -0.2) is 0 Å². The van der Waals surface area contributed by atoms with Crippen LogP contribution >= 0.6 is 11.6 Å². The minimum Gasteiger partial charge on any atom is -0.505 e. The molecule has 5 N–H and O–H groups in total. The molecule has 1 aromatic heterocycles. The minimum absolute atomic E-state index is 0.101. The number of nitrogens with two attached hydrogens (primary N) is 1. The molecule has 41 heavy (non-hydrogen) atoms. The molecular formula is C33H28ClN5O2. The summed E-state index contributed by atoms with van der Waals surface area (Å²) in [5.74, 6) is -0.697. The number of hydrogen-bond acceptors (Lipinski definition) is 5. The Morgan fingerprint density at radius 3 is 2.54 bits per heavy atom. The van der Waals surface area contributed by atoms with Gasteiger partial charge in [0.25, 0.3) is 5.91 Å². The van der Waals surface area contributed by atoms with Gasteiger partial charge in [0, 0.05) is 38.1 Å². The molecule has 0 unspecified atom stereocenters. The number of nitrogen functional groups attached to an aromatic ring is 1. The van der Waals surface area contributed by atoms with Gasteiger partial charge in [-0.2, -0.15) is 5.11 Å². The van der Waals surface area contributed by atoms with Gasteiger partial charge in [-0.1, -0.05) is 55.8 Å². The van der Waals surface area contributed by atoms with E-state index in [1.165, 1.54) is 0 Å². The van der Waals surface area contributed by atoms with Gasteiger partial charge in [-0.15, -0.1) is 5.11 Å². The molecule has 1 amide bonds. The van der Waals surface area contributed by atoms with Gasteiger partial charge < -0.3 is 21.1 Å². The second kappa shape index (κ2) is 10.6. The van der Waals surface area contributed by atoms with Crippen molar-refractivity contribution >= 4 is 72.8 Å². The topological polar surface area (TPSA) is 116 Å². The zero-order valence-electron chi connectivity index (χ0n) is 22.6.